The van der Waals surface area contributed by atoms with Crippen LogP contribution in [0.4, 0.5) is 0 Å². The number of thioether (sulfide) groups is 1. The number of nitrogens with zero attached hydrogens (tertiary/aromatic N) is 7. The molecule has 0 amide bonds. The summed E-state index contributed by atoms with van der Waals surface area (Å²) in [6, 6.07) is 9.88. The number of benzene rings is 1. The summed E-state index contributed by atoms with van der Waals surface area (Å²) in [7, 11) is 3.38. The van der Waals surface area contributed by atoms with E-state index in [2.05, 4.69) is 21.8 Å². The molecule has 0 aliphatic rings. The Morgan fingerprint density at radius 3 is 2.61 bits per heavy atom. The van der Waals surface area contributed by atoms with Gasteiger partial charge < -0.3 is 4.57 Å². The molecule has 0 unspecified atom stereocenters. The molecular formula is C21H23N7O2S. The molecular weight excluding hydrogens is 414 g/mol. The van der Waals surface area contributed by atoms with E-state index in [4.69, 9.17) is 0 Å². The number of imidazole rings is 1. The molecule has 160 valence electrons. The van der Waals surface area contributed by atoms with E-state index in [0.29, 0.717) is 36.4 Å². The number of hydrogen-bond acceptors (Lipinski definition) is 6. The first-order valence-corrected chi connectivity index (χ1v) is 10.8. The van der Waals surface area contributed by atoms with Crippen molar-refractivity contribution >= 4 is 22.9 Å². The zero-order valence-corrected chi connectivity index (χ0v) is 18.2. The van der Waals surface area contributed by atoms with Gasteiger partial charge in [0.25, 0.3) is 5.56 Å². The minimum absolute atomic E-state index is 0.315. The van der Waals surface area contributed by atoms with Crippen LogP contribution in [0.15, 0.2) is 64.1 Å². The molecule has 4 rings (SSSR count). The van der Waals surface area contributed by atoms with Gasteiger partial charge >= 0.3 is 5.69 Å². The first kappa shape index (κ1) is 20.9. The second-order valence-electron chi connectivity index (χ2n) is 7.10. The highest BCUT2D eigenvalue weighted by Crippen LogP contribution is 2.24. The van der Waals surface area contributed by atoms with Crippen molar-refractivity contribution in [1.82, 2.24) is 33.4 Å². The third-order valence-corrected chi connectivity index (χ3v) is 6.07. The lowest BCUT2D eigenvalue weighted by Gasteiger charge is -2.09. The fourth-order valence-electron chi connectivity index (χ4n) is 3.47. The maximum absolute atomic E-state index is 12.8. The predicted octanol–water partition coefficient (Wildman–Crippen LogP) is 2.06. The van der Waals surface area contributed by atoms with Gasteiger partial charge in [0.2, 0.25) is 0 Å². The van der Waals surface area contributed by atoms with Crippen molar-refractivity contribution in [2.75, 3.05) is 5.75 Å². The summed E-state index contributed by atoms with van der Waals surface area (Å²) in [5.41, 5.74) is 1.14. The van der Waals surface area contributed by atoms with Crippen molar-refractivity contribution in [2.24, 2.45) is 14.1 Å². The van der Waals surface area contributed by atoms with Crippen LogP contribution in [0.1, 0.15) is 6.42 Å². The van der Waals surface area contributed by atoms with E-state index in [0.717, 1.165) is 16.5 Å². The Bertz CT molecular complexity index is 1350. The summed E-state index contributed by atoms with van der Waals surface area (Å²) in [5.74, 6) is 1.47. The van der Waals surface area contributed by atoms with E-state index in [1.165, 1.54) is 9.13 Å². The molecule has 31 heavy (non-hydrogen) atoms. The Balaban J connectivity index is 1.51. The number of rotatable bonds is 8. The summed E-state index contributed by atoms with van der Waals surface area (Å²) < 4.78 is 6.34. The van der Waals surface area contributed by atoms with Crippen LogP contribution in [0.5, 0.6) is 0 Å². The van der Waals surface area contributed by atoms with Gasteiger partial charge in [-0.2, -0.15) is 0 Å². The fraction of sp³-hybridized carbons (Fsp3) is 0.286. The van der Waals surface area contributed by atoms with Gasteiger partial charge in [0, 0.05) is 38.5 Å². The minimum atomic E-state index is -0.359. The molecule has 0 aliphatic carbocycles. The predicted molar refractivity (Wildman–Crippen MR) is 121 cm³/mol. The second-order valence-corrected chi connectivity index (χ2v) is 8.16. The normalized spacial score (nSPS) is 11.3. The fourth-order valence-corrected chi connectivity index (χ4v) is 4.34. The molecule has 9 nitrogen and oxygen atoms in total. The molecule has 3 heterocycles. The Morgan fingerprint density at radius 2 is 1.87 bits per heavy atom. The van der Waals surface area contributed by atoms with Gasteiger partial charge in [-0.3, -0.25) is 18.5 Å². The number of allylic oxidation sites excluding steroid dienone is 1. The summed E-state index contributed by atoms with van der Waals surface area (Å²) in [4.78, 5) is 29.6. The molecule has 3 aromatic heterocycles. The Morgan fingerprint density at radius 1 is 1.10 bits per heavy atom. The SMILES string of the molecule is C=CCn1c(SCCCn2c(=O)c3c(ncn3C)n(C)c2=O)nnc1-c1ccccc1. The topological polar surface area (TPSA) is 92.5 Å². The molecule has 0 atom stereocenters. The standard InChI is InChI=1S/C21H23N7O2S/c1-4-11-27-17(15-9-6-5-7-10-15)23-24-20(27)31-13-8-12-28-19(29)16-18(22-14-25(16)2)26(3)21(28)30/h4-7,9-10,14H,1,8,11-13H2,2-3H3. The maximum atomic E-state index is 12.8. The van der Waals surface area contributed by atoms with E-state index >= 15 is 0 Å². The smallest absolute Gasteiger partial charge is 0.328 e. The monoisotopic (exact) mass is 437 g/mol. The molecule has 0 saturated heterocycles. The van der Waals surface area contributed by atoms with Crippen LogP contribution in [0.25, 0.3) is 22.6 Å². The van der Waals surface area contributed by atoms with Crippen molar-refractivity contribution in [2.45, 2.75) is 24.7 Å². The first-order valence-electron chi connectivity index (χ1n) is 9.86. The van der Waals surface area contributed by atoms with Crippen LogP contribution in [-0.2, 0) is 27.2 Å². The number of aromatic nitrogens is 7. The largest absolute Gasteiger partial charge is 0.332 e. The molecule has 4 aromatic rings. The van der Waals surface area contributed by atoms with Crippen LogP contribution in [0.3, 0.4) is 0 Å². The van der Waals surface area contributed by atoms with Gasteiger partial charge in [-0.05, 0) is 6.42 Å². The van der Waals surface area contributed by atoms with Crippen LogP contribution in [0.2, 0.25) is 0 Å². The van der Waals surface area contributed by atoms with Crippen molar-refractivity contribution in [3.8, 4) is 11.4 Å². The van der Waals surface area contributed by atoms with Crippen LogP contribution in [0, 0.1) is 0 Å². The third-order valence-electron chi connectivity index (χ3n) is 5.02. The molecule has 0 spiro atoms. The number of aryl methyl sites for hydroxylation is 2. The van der Waals surface area contributed by atoms with E-state index < -0.39 is 0 Å². The molecule has 0 aliphatic heterocycles. The number of fused-ring (bicyclic) bond motifs is 1. The Kier molecular flexibility index (Phi) is 5.90. The summed E-state index contributed by atoms with van der Waals surface area (Å²) >= 11 is 1.55. The lowest BCUT2D eigenvalue weighted by molar-refractivity contribution is 0.593. The third kappa shape index (κ3) is 3.86. The Hall–Kier alpha value is -3.40. The highest BCUT2D eigenvalue weighted by atomic mass is 32.2. The molecule has 1 aromatic carbocycles. The number of hydrogen-bond donors (Lipinski definition) is 0. The van der Waals surface area contributed by atoms with Crippen molar-refractivity contribution in [3.05, 3.63) is 70.2 Å². The highest BCUT2D eigenvalue weighted by molar-refractivity contribution is 7.99. The maximum Gasteiger partial charge on any atom is 0.332 e. The van der Waals surface area contributed by atoms with Crippen molar-refractivity contribution in [3.63, 3.8) is 0 Å². The minimum Gasteiger partial charge on any atom is -0.328 e. The van der Waals surface area contributed by atoms with Crippen molar-refractivity contribution in [1.29, 1.82) is 0 Å². The van der Waals surface area contributed by atoms with Gasteiger partial charge in [-0.1, -0.05) is 48.2 Å². The molecule has 0 bridgehead atoms. The molecule has 0 fully saturated rings. The van der Waals surface area contributed by atoms with Crippen LogP contribution in [-0.4, -0.2) is 39.2 Å². The quantitative estimate of drug-likeness (QED) is 0.238. The zero-order chi connectivity index (χ0) is 22.0. The van der Waals surface area contributed by atoms with Crippen LogP contribution < -0.4 is 11.2 Å². The average molecular weight is 438 g/mol. The van der Waals surface area contributed by atoms with E-state index in [9.17, 15) is 9.59 Å². The molecule has 0 N–H and O–H groups in total. The Labute approximate surface area is 182 Å². The van der Waals surface area contributed by atoms with E-state index in [1.54, 1.807) is 36.8 Å². The average Bonchev–Trinajstić information content (AvgIpc) is 3.36. The zero-order valence-electron chi connectivity index (χ0n) is 17.4. The van der Waals surface area contributed by atoms with E-state index in [-0.39, 0.29) is 11.2 Å². The second kappa shape index (κ2) is 8.76. The van der Waals surface area contributed by atoms with Gasteiger partial charge in [0.1, 0.15) is 0 Å². The van der Waals surface area contributed by atoms with Gasteiger partial charge in [0.05, 0.1) is 6.33 Å². The highest BCUT2D eigenvalue weighted by Gasteiger charge is 2.16. The van der Waals surface area contributed by atoms with Crippen molar-refractivity contribution < 1.29 is 0 Å². The van der Waals surface area contributed by atoms with Gasteiger partial charge in [-0.15, -0.1) is 16.8 Å². The first-order chi connectivity index (χ1) is 15.0. The van der Waals surface area contributed by atoms with E-state index in [1.807, 2.05) is 41.0 Å². The molecule has 0 radical (unpaired) electrons. The van der Waals surface area contributed by atoms with Gasteiger partial charge in [0.15, 0.2) is 22.1 Å². The summed E-state index contributed by atoms with van der Waals surface area (Å²) in [5, 5.41) is 9.46. The van der Waals surface area contributed by atoms with Gasteiger partial charge in [-0.25, -0.2) is 9.78 Å². The summed E-state index contributed by atoms with van der Waals surface area (Å²) in [6.07, 6.45) is 3.99. The molecule has 0 saturated carbocycles. The van der Waals surface area contributed by atoms with Crippen LogP contribution >= 0.6 is 11.8 Å². The lowest BCUT2D eigenvalue weighted by Crippen LogP contribution is -2.39. The molecule has 10 heteroatoms. The lowest BCUT2D eigenvalue weighted by atomic mass is 10.2. The summed E-state index contributed by atoms with van der Waals surface area (Å²) in [6.45, 7) is 4.75.